The molecule has 0 radical (unpaired) electrons. The van der Waals surface area contributed by atoms with E-state index in [-0.39, 0.29) is 5.82 Å². The van der Waals surface area contributed by atoms with Gasteiger partial charge in [-0.05, 0) is 56.2 Å². The highest BCUT2D eigenvalue weighted by Gasteiger charge is 2.23. The molecule has 178 valence electrons. The van der Waals surface area contributed by atoms with Crippen molar-refractivity contribution in [3.05, 3.63) is 71.7 Å². The fourth-order valence-corrected chi connectivity index (χ4v) is 3.73. The van der Waals surface area contributed by atoms with Gasteiger partial charge < -0.3 is 14.6 Å². The second kappa shape index (κ2) is 11.9. The number of para-hydroxylation sites is 1. The Bertz CT molecular complexity index is 990. The molecule has 3 aromatic rings. The molecule has 0 aliphatic carbocycles. The summed E-state index contributed by atoms with van der Waals surface area (Å²) in [7, 11) is 0. The summed E-state index contributed by atoms with van der Waals surface area (Å²) in [6.07, 6.45) is -0.588. The van der Waals surface area contributed by atoms with Crippen molar-refractivity contribution >= 4 is 0 Å². The topological polar surface area (TPSA) is 59.8 Å². The number of hydrogen-bond acceptors (Lipinski definition) is 5. The zero-order chi connectivity index (χ0) is 23.8. The Labute approximate surface area is 195 Å². The van der Waals surface area contributed by atoms with Crippen molar-refractivity contribution in [3.8, 4) is 17.3 Å². The van der Waals surface area contributed by atoms with E-state index in [1.54, 1.807) is 16.8 Å². The summed E-state index contributed by atoms with van der Waals surface area (Å²) in [5, 5.41) is 15.2. The lowest BCUT2D eigenvalue weighted by molar-refractivity contribution is 0.0173. The Balaban J connectivity index is 1.96. The van der Waals surface area contributed by atoms with E-state index in [1.807, 2.05) is 44.2 Å². The standard InChI is InChI=1S/C26H34FN3O3/c1-5-32-18-23(31)16-29(15-19(2)3)17-25-20(4)28-30(22-9-7-6-8-10-22)26(25)33-24-13-11-21(27)12-14-24/h6-14,19,23,31H,5,15-18H2,1-4H3. The number of halogens is 1. The fourth-order valence-electron chi connectivity index (χ4n) is 3.73. The first kappa shape index (κ1) is 24.9. The van der Waals surface area contributed by atoms with E-state index in [9.17, 15) is 9.50 Å². The van der Waals surface area contributed by atoms with Gasteiger partial charge in [0.1, 0.15) is 11.6 Å². The van der Waals surface area contributed by atoms with Gasteiger partial charge in [0.15, 0.2) is 0 Å². The SMILES string of the molecule is CCOCC(O)CN(Cc1c(C)nn(-c2ccccc2)c1Oc1ccc(F)cc1)CC(C)C. The fraction of sp³-hybridized carbons (Fsp3) is 0.423. The van der Waals surface area contributed by atoms with Crippen LogP contribution in [0.25, 0.3) is 5.69 Å². The second-order valence-corrected chi connectivity index (χ2v) is 8.57. The van der Waals surface area contributed by atoms with E-state index >= 15 is 0 Å². The molecule has 0 saturated heterocycles. The summed E-state index contributed by atoms with van der Waals surface area (Å²) in [5.41, 5.74) is 2.63. The van der Waals surface area contributed by atoms with Crippen LogP contribution in [-0.2, 0) is 11.3 Å². The van der Waals surface area contributed by atoms with E-state index in [4.69, 9.17) is 14.6 Å². The van der Waals surface area contributed by atoms with Gasteiger partial charge in [0.25, 0.3) is 0 Å². The van der Waals surface area contributed by atoms with E-state index in [0.717, 1.165) is 23.5 Å². The van der Waals surface area contributed by atoms with Crippen molar-refractivity contribution in [1.29, 1.82) is 0 Å². The molecule has 3 rings (SSSR count). The number of aromatic nitrogens is 2. The van der Waals surface area contributed by atoms with Crippen LogP contribution in [0.3, 0.4) is 0 Å². The summed E-state index contributed by atoms with van der Waals surface area (Å²) in [6.45, 7) is 10.9. The first-order valence-corrected chi connectivity index (χ1v) is 11.4. The predicted molar refractivity (Wildman–Crippen MR) is 127 cm³/mol. The Morgan fingerprint density at radius 1 is 1.06 bits per heavy atom. The molecule has 7 heteroatoms. The zero-order valence-electron chi connectivity index (χ0n) is 19.9. The van der Waals surface area contributed by atoms with Gasteiger partial charge in [-0.1, -0.05) is 32.0 Å². The molecule has 2 aromatic carbocycles. The molecule has 1 heterocycles. The predicted octanol–water partition coefficient (Wildman–Crippen LogP) is 4.97. The van der Waals surface area contributed by atoms with Crippen LogP contribution in [0.4, 0.5) is 4.39 Å². The average molecular weight is 456 g/mol. The highest BCUT2D eigenvalue weighted by atomic mass is 19.1. The van der Waals surface area contributed by atoms with Crippen LogP contribution in [0.1, 0.15) is 32.0 Å². The van der Waals surface area contributed by atoms with Crippen molar-refractivity contribution in [2.75, 3.05) is 26.3 Å². The molecule has 0 amide bonds. The summed E-state index contributed by atoms with van der Waals surface area (Å²) in [6, 6.07) is 15.7. The van der Waals surface area contributed by atoms with Gasteiger partial charge in [-0.3, -0.25) is 4.90 Å². The molecule has 1 atom stereocenters. The number of rotatable bonds is 12. The van der Waals surface area contributed by atoms with Crippen LogP contribution in [0.15, 0.2) is 54.6 Å². The van der Waals surface area contributed by atoms with Crippen LogP contribution in [0, 0.1) is 18.7 Å². The van der Waals surface area contributed by atoms with E-state index in [1.165, 1.54) is 12.1 Å². The maximum absolute atomic E-state index is 13.4. The van der Waals surface area contributed by atoms with Gasteiger partial charge >= 0.3 is 0 Å². The van der Waals surface area contributed by atoms with Gasteiger partial charge in [0.05, 0.1) is 29.7 Å². The number of ether oxygens (including phenoxy) is 2. The Hall–Kier alpha value is -2.74. The van der Waals surface area contributed by atoms with Crippen LogP contribution >= 0.6 is 0 Å². The van der Waals surface area contributed by atoms with Crippen LogP contribution in [-0.4, -0.2) is 52.2 Å². The first-order chi connectivity index (χ1) is 15.9. The third-order valence-corrected chi connectivity index (χ3v) is 5.15. The van der Waals surface area contributed by atoms with Gasteiger partial charge in [-0.15, -0.1) is 0 Å². The van der Waals surface area contributed by atoms with E-state index < -0.39 is 6.10 Å². The molecule has 0 aliphatic rings. The molecular weight excluding hydrogens is 421 g/mol. The van der Waals surface area contributed by atoms with Crippen molar-refractivity contribution in [2.45, 2.75) is 40.3 Å². The largest absolute Gasteiger partial charge is 0.439 e. The first-order valence-electron chi connectivity index (χ1n) is 11.4. The molecule has 0 saturated carbocycles. The Morgan fingerprint density at radius 2 is 1.76 bits per heavy atom. The minimum Gasteiger partial charge on any atom is -0.439 e. The smallest absolute Gasteiger partial charge is 0.227 e. The number of nitrogens with zero attached hydrogens (tertiary/aromatic N) is 3. The number of aliphatic hydroxyl groups is 1. The minimum atomic E-state index is -0.588. The number of benzene rings is 2. The molecule has 1 N–H and O–H groups in total. The van der Waals surface area contributed by atoms with Crippen LogP contribution < -0.4 is 4.74 Å². The monoisotopic (exact) mass is 455 g/mol. The van der Waals surface area contributed by atoms with Crippen molar-refractivity contribution in [3.63, 3.8) is 0 Å². The Morgan fingerprint density at radius 3 is 2.39 bits per heavy atom. The van der Waals surface area contributed by atoms with Crippen molar-refractivity contribution in [2.24, 2.45) is 5.92 Å². The highest BCUT2D eigenvalue weighted by molar-refractivity contribution is 5.43. The van der Waals surface area contributed by atoms with Gasteiger partial charge in [0.2, 0.25) is 5.88 Å². The number of hydrogen-bond donors (Lipinski definition) is 1. The molecule has 1 unspecified atom stereocenters. The molecular formula is C26H34FN3O3. The molecule has 0 bridgehead atoms. The molecule has 0 spiro atoms. The lowest BCUT2D eigenvalue weighted by Gasteiger charge is -2.27. The highest BCUT2D eigenvalue weighted by Crippen LogP contribution is 2.32. The lowest BCUT2D eigenvalue weighted by atomic mass is 10.1. The third kappa shape index (κ3) is 7.12. The van der Waals surface area contributed by atoms with Gasteiger partial charge in [-0.25, -0.2) is 9.07 Å². The molecule has 0 aliphatic heterocycles. The van der Waals surface area contributed by atoms with E-state index in [2.05, 4.69) is 18.7 Å². The van der Waals surface area contributed by atoms with Gasteiger partial charge in [-0.2, -0.15) is 5.10 Å². The molecule has 1 aromatic heterocycles. The summed E-state index contributed by atoms with van der Waals surface area (Å²) < 4.78 is 26.9. The molecule has 0 fully saturated rings. The zero-order valence-corrected chi connectivity index (χ0v) is 19.9. The average Bonchev–Trinajstić information content (AvgIpc) is 3.09. The van der Waals surface area contributed by atoms with Crippen molar-refractivity contribution < 1.29 is 19.0 Å². The van der Waals surface area contributed by atoms with E-state index in [0.29, 0.717) is 43.9 Å². The normalized spacial score (nSPS) is 12.5. The van der Waals surface area contributed by atoms with Crippen molar-refractivity contribution in [1.82, 2.24) is 14.7 Å². The summed E-state index contributed by atoms with van der Waals surface area (Å²) >= 11 is 0. The molecule has 6 nitrogen and oxygen atoms in total. The third-order valence-electron chi connectivity index (χ3n) is 5.15. The maximum Gasteiger partial charge on any atom is 0.227 e. The lowest BCUT2D eigenvalue weighted by Crippen LogP contribution is -2.37. The number of aliphatic hydroxyl groups excluding tert-OH is 1. The van der Waals surface area contributed by atoms with Crippen LogP contribution in [0.5, 0.6) is 11.6 Å². The Kier molecular flexibility index (Phi) is 9.00. The number of aryl methyl sites for hydroxylation is 1. The van der Waals surface area contributed by atoms with Gasteiger partial charge in [0, 0.05) is 26.2 Å². The van der Waals surface area contributed by atoms with Crippen LogP contribution in [0.2, 0.25) is 0 Å². The quantitative estimate of drug-likeness (QED) is 0.418. The minimum absolute atomic E-state index is 0.298. The maximum atomic E-state index is 13.4. The summed E-state index contributed by atoms with van der Waals surface area (Å²) in [4.78, 5) is 2.20. The second-order valence-electron chi connectivity index (χ2n) is 8.57. The molecule has 33 heavy (non-hydrogen) atoms. The summed E-state index contributed by atoms with van der Waals surface area (Å²) in [5.74, 6) is 1.21.